The predicted molar refractivity (Wildman–Crippen MR) is 71.9 cm³/mol. The molecule has 100 valence electrons. The Balaban J connectivity index is 2.27. The number of hydrogen-bond acceptors (Lipinski definition) is 6. The lowest BCUT2D eigenvalue weighted by molar-refractivity contribution is 0.0526. The number of esters is 1. The number of nitrogen functional groups attached to an aromatic ring is 1. The molecule has 7 heteroatoms. The van der Waals surface area contributed by atoms with Crippen molar-refractivity contribution in [3.63, 3.8) is 0 Å². The maximum absolute atomic E-state index is 11.7. The number of anilines is 1. The average Bonchev–Trinajstić information content (AvgIpc) is 2.78. The molecular formula is C12H14N4O2S. The van der Waals surface area contributed by atoms with Crippen LogP contribution < -0.4 is 5.73 Å². The van der Waals surface area contributed by atoms with Gasteiger partial charge in [0.25, 0.3) is 0 Å². The number of nitrogens with two attached hydrogens (primary N) is 1. The Hall–Kier alpha value is -2.02. The fourth-order valence-corrected chi connectivity index (χ4v) is 2.29. The molecule has 2 rings (SSSR count). The first-order chi connectivity index (χ1) is 9.11. The Morgan fingerprint density at radius 1 is 1.53 bits per heavy atom. The number of carbonyl (C=O) groups is 1. The highest BCUT2D eigenvalue weighted by Crippen LogP contribution is 2.31. The molecule has 0 unspecified atom stereocenters. The van der Waals surface area contributed by atoms with Gasteiger partial charge in [0.05, 0.1) is 12.2 Å². The van der Waals surface area contributed by atoms with Crippen molar-refractivity contribution in [3.8, 4) is 0 Å². The van der Waals surface area contributed by atoms with E-state index >= 15 is 0 Å². The lowest BCUT2D eigenvalue weighted by atomic mass is 10.2. The Kier molecular flexibility index (Phi) is 4.06. The number of rotatable bonds is 4. The molecule has 0 fully saturated rings. The highest BCUT2D eigenvalue weighted by atomic mass is 32.2. The molecular weight excluding hydrogens is 264 g/mol. The zero-order valence-corrected chi connectivity index (χ0v) is 11.5. The van der Waals surface area contributed by atoms with Gasteiger partial charge in [0.2, 0.25) is 0 Å². The van der Waals surface area contributed by atoms with Crippen LogP contribution in [0, 0.1) is 0 Å². The second kappa shape index (κ2) is 5.75. The van der Waals surface area contributed by atoms with Crippen LogP contribution in [0.15, 0.2) is 34.6 Å². The summed E-state index contributed by atoms with van der Waals surface area (Å²) in [6.07, 6.45) is 1.47. The summed E-state index contributed by atoms with van der Waals surface area (Å²) in [4.78, 5) is 16.5. The molecule has 1 heterocycles. The van der Waals surface area contributed by atoms with Crippen molar-refractivity contribution >= 4 is 23.4 Å². The van der Waals surface area contributed by atoms with E-state index in [2.05, 4.69) is 10.1 Å². The number of benzene rings is 1. The maximum Gasteiger partial charge on any atom is 0.338 e. The van der Waals surface area contributed by atoms with Crippen molar-refractivity contribution in [2.45, 2.75) is 17.0 Å². The molecule has 6 nitrogen and oxygen atoms in total. The molecule has 2 N–H and O–H groups in total. The first-order valence-electron chi connectivity index (χ1n) is 5.70. The topological polar surface area (TPSA) is 83.0 Å². The lowest BCUT2D eigenvalue weighted by Crippen LogP contribution is -2.05. The van der Waals surface area contributed by atoms with Gasteiger partial charge in [0.15, 0.2) is 5.16 Å². The molecule has 0 amide bonds. The van der Waals surface area contributed by atoms with Gasteiger partial charge in [0.1, 0.15) is 6.33 Å². The zero-order valence-electron chi connectivity index (χ0n) is 10.7. The van der Waals surface area contributed by atoms with Crippen LogP contribution in [0.1, 0.15) is 17.3 Å². The summed E-state index contributed by atoms with van der Waals surface area (Å²) in [7, 11) is 1.79. The summed E-state index contributed by atoms with van der Waals surface area (Å²) in [5, 5.41) is 4.68. The summed E-state index contributed by atoms with van der Waals surface area (Å²) < 4.78 is 6.60. The van der Waals surface area contributed by atoms with Crippen LogP contribution in [0.25, 0.3) is 0 Å². The number of hydrogen-bond donors (Lipinski definition) is 1. The average molecular weight is 278 g/mol. The fourth-order valence-electron chi connectivity index (χ4n) is 1.44. The summed E-state index contributed by atoms with van der Waals surface area (Å²) in [5.41, 5.74) is 6.96. The van der Waals surface area contributed by atoms with Crippen molar-refractivity contribution in [3.05, 3.63) is 30.1 Å². The molecule has 1 aromatic carbocycles. The van der Waals surface area contributed by atoms with Crippen LogP contribution in [0.3, 0.4) is 0 Å². The normalized spacial score (nSPS) is 10.4. The minimum Gasteiger partial charge on any atom is -0.462 e. The highest BCUT2D eigenvalue weighted by Gasteiger charge is 2.12. The highest BCUT2D eigenvalue weighted by molar-refractivity contribution is 7.99. The number of aromatic nitrogens is 3. The molecule has 2 aromatic rings. The van der Waals surface area contributed by atoms with Crippen LogP contribution in [0.4, 0.5) is 5.69 Å². The van der Waals surface area contributed by atoms with E-state index in [9.17, 15) is 4.79 Å². The van der Waals surface area contributed by atoms with Gasteiger partial charge in [-0.15, -0.1) is 0 Å². The van der Waals surface area contributed by atoms with Gasteiger partial charge < -0.3 is 10.5 Å². The van der Waals surface area contributed by atoms with Crippen molar-refractivity contribution < 1.29 is 9.53 Å². The third-order valence-corrected chi connectivity index (χ3v) is 3.52. The van der Waals surface area contributed by atoms with E-state index in [1.807, 2.05) is 0 Å². The molecule has 0 saturated carbocycles. The molecule has 0 spiro atoms. The Morgan fingerprint density at radius 3 is 2.95 bits per heavy atom. The van der Waals surface area contributed by atoms with Crippen molar-refractivity contribution in [1.82, 2.24) is 14.8 Å². The van der Waals surface area contributed by atoms with Crippen molar-refractivity contribution in [2.75, 3.05) is 12.3 Å². The van der Waals surface area contributed by atoms with E-state index < -0.39 is 0 Å². The summed E-state index contributed by atoms with van der Waals surface area (Å²) in [6.45, 7) is 2.11. The molecule has 0 atom stereocenters. The SMILES string of the molecule is CCOC(=O)c1ccc(N)c(Sc2ncnn2C)c1. The first kappa shape index (κ1) is 13.4. The molecule has 0 aliphatic heterocycles. The smallest absolute Gasteiger partial charge is 0.338 e. The zero-order chi connectivity index (χ0) is 13.8. The second-order valence-electron chi connectivity index (χ2n) is 3.74. The van der Waals surface area contributed by atoms with Crippen LogP contribution >= 0.6 is 11.8 Å². The van der Waals surface area contributed by atoms with Crippen LogP contribution in [0.2, 0.25) is 0 Å². The fraction of sp³-hybridized carbons (Fsp3) is 0.250. The molecule has 1 aromatic heterocycles. The third-order valence-electron chi connectivity index (χ3n) is 2.40. The third kappa shape index (κ3) is 3.05. The molecule has 0 bridgehead atoms. The summed E-state index contributed by atoms with van der Waals surface area (Å²) in [6, 6.07) is 5.03. The van der Waals surface area contributed by atoms with Gasteiger partial charge in [-0.05, 0) is 36.9 Å². The van der Waals surface area contributed by atoms with Crippen molar-refractivity contribution in [1.29, 1.82) is 0 Å². The van der Waals surface area contributed by atoms with E-state index in [1.165, 1.54) is 18.1 Å². The summed E-state index contributed by atoms with van der Waals surface area (Å²) >= 11 is 1.35. The van der Waals surface area contributed by atoms with Crippen LogP contribution in [0.5, 0.6) is 0 Å². The monoisotopic (exact) mass is 278 g/mol. The Labute approximate surface area is 115 Å². The number of carbonyl (C=O) groups excluding carboxylic acids is 1. The van der Waals surface area contributed by atoms with Crippen LogP contribution in [-0.4, -0.2) is 27.3 Å². The number of nitrogens with zero attached hydrogens (tertiary/aromatic N) is 3. The quantitative estimate of drug-likeness (QED) is 0.677. The van der Waals surface area contributed by atoms with E-state index in [1.54, 1.807) is 36.9 Å². The van der Waals surface area contributed by atoms with E-state index in [4.69, 9.17) is 10.5 Å². The molecule has 0 aliphatic rings. The van der Waals surface area contributed by atoms with Crippen molar-refractivity contribution in [2.24, 2.45) is 7.05 Å². The largest absolute Gasteiger partial charge is 0.462 e. The molecule has 19 heavy (non-hydrogen) atoms. The first-order valence-corrected chi connectivity index (χ1v) is 6.52. The van der Waals surface area contributed by atoms with Gasteiger partial charge in [-0.2, -0.15) is 5.10 Å². The maximum atomic E-state index is 11.7. The van der Waals surface area contributed by atoms with Crippen LogP contribution in [-0.2, 0) is 11.8 Å². The van der Waals surface area contributed by atoms with E-state index in [0.717, 1.165) is 4.90 Å². The van der Waals surface area contributed by atoms with Gasteiger partial charge in [-0.1, -0.05) is 0 Å². The van der Waals surface area contributed by atoms with Gasteiger partial charge in [-0.25, -0.2) is 14.5 Å². The lowest BCUT2D eigenvalue weighted by Gasteiger charge is -2.07. The molecule has 0 saturated heterocycles. The second-order valence-corrected chi connectivity index (χ2v) is 4.75. The number of ether oxygens (including phenoxy) is 1. The van der Waals surface area contributed by atoms with Gasteiger partial charge in [0, 0.05) is 17.6 Å². The minimum atomic E-state index is -0.359. The van der Waals surface area contributed by atoms with Gasteiger partial charge in [-0.3, -0.25) is 0 Å². The minimum absolute atomic E-state index is 0.342. The molecule has 0 radical (unpaired) electrons. The van der Waals surface area contributed by atoms with Gasteiger partial charge >= 0.3 is 5.97 Å². The molecule has 0 aliphatic carbocycles. The number of aryl methyl sites for hydroxylation is 1. The predicted octanol–water partition coefficient (Wildman–Crippen LogP) is 1.73. The van der Waals surface area contributed by atoms with E-state index in [0.29, 0.717) is 23.0 Å². The standard InChI is InChI=1S/C12H14N4O2S/c1-3-18-11(17)8-4-5-9(13)10(6-8)19-12-14-7-15-16(12)2/h4-7H,3,13H2,1-2H3. The van der Waals surface area contributed by atoms with E-state index in [-0.39, 0.29) is 5.97 Å². The Bertz CT molecular complexity index is 597. The Morgan fingerprint density at radius 2 is 2.32 bits per heavy atom. The summed E-state index contributed by atoms with van der Waals surface area (Å²) in [5.74, 6) is -0.359.